The quantitative estimate of drug-likeness (QED) is 0.463. The summed E-state index contributed by atoms with van der Waals surface area (Å²) < 4.78 is 15.3. The van der Waals surface area contributed by atoms with Crippen molar-refractivity contribution in [1.29, 1.82) is 0 Å². The van der Waals surface area contributed by atoms with Crippen LogP contribution in [0.4, 0.5) is 10.1 Å². The van der Waals surface area contributed by atoms with Crippen LogP contribution < -0.4 is 5.32 Å². The zero-order valence-corrected chi connectivity index (χ0v) is 16.6. The van der Waals surface area contributed by atoms with Crippen molar-refractivity contribution >= 4 is 28.8 Å². The van der Waals surface area contributed by atoms with Crippen LogP contribution in [-0.2, 0) is 11.2 Å². The van der Waals surface area contributed by atoms with Crippen LogP contribution in [0.5, 0.6) is 0 Å². The SMILES string of the molecule is Cc1c(Cl)cccc1NC(=O)CCc1c(-c2ccc(F)cc2)nc2ccccn12. The van der Waals surface area contributed by atoms with Crippen molar-refractivity contribution in [3.05, 3.63) is 89.0 Å². The van der Waals surface area contributed by atoms with E-state index in [9.17, 15) is 9.18 Å². The standard InChI is InChI=1S/C23H19ClFN3O/c1-15-18(24)5-4-6-19(15)26-22(29)13-12-20-23(16-8-10-17(25)11-9-16)27-21-7-2-3-14-28(20)21/h2-11,14H,12-13H2,1H3,(H,26,29). The molecule has 29 heavy (non-hydrogen) atoms. The number of carbonyl (C=O) groups is 1. The van der Waals surface area contributed by atoms with Crippen molar-refractivity contribution in [2.45, 2.75) is 19.8 Å². The molecule has 6 heteroatoms. The number of rotatable bonds is 5. The predicted octanol–water partition coefficient (Wildman–Crippen LogP) is 5.67. The molecule has 0 saturated heterocycles. The molecule has 0 atom stereocenters. The number of benzene rings is 2. The maximum Gasteiger partial charge on any atom is 0.224 e. The van der Waals surface area contributed by atoms with Gasteiger partial charge in [0.15, 0.2) is 0 Å². The van der Waals surface area contributed by atoms with Gasteiger partial charge in [0.05, 0.1) is 11.4 Å². The Morgan fingerprint density at radius 1 is 1.10 bits per heavy atom. The molecule has 0 spiro atoms. The summed E-state index contributed by atoms with van der Waals surface area (Å²) in [5.74, 6) is -0.401. The zero-order chi connectivity index (χ0) is 20.4. The molecule has 0 aliphatic carbocycles. The highest BCUT2D eigenvalue weighted by atomic mass is 35.5. The molecule has 146 valence electrons. The van der Waals surface area contributed by atoms with Crippen molar-refractivity contribution in [2.75, 3.05) is 5.32 Å². The highest BCUT2D eigenvalue weighted by molar-refractivity contribution is 6.31. The lowest BCUT2D eigenvalue weighted by atomic mass is 10.1. The van der Waals surface area contributed by atoms with Gasteiger partial charge in [-0.2, -0.15) is 0 Å². The number of hydrogen-bond donors (Lipinski definition) is 1. The van der Waals surface area contributed by atoms with Crippen molar-refractivity contribution in [3.63, 3.8) is 0 Å². The number of pyridine rings is 1. The normalized spacial score (nSPS) is 11.0. The zero-order valence-electron chi connectivity index (χ0n) is 15.8. The van der Waals surface area contributed by atoms with Crippen LogP contribution in [-0.4, -0.2) is 15.3 Å². The molecule has 0 unspecified atom stereocenters. The molecular formula is C23H19ClFN3O. The Kier molecular flexibility index (Phi) is 5.32. The number of halogens is 2. The summed E-state index contributed by atoms with van der Waals surface area (Å²) in [4.78, 5) is 17.3. The molecule has 1 amide bonds. The number of carbonyl (C=O) groups excluding carboxylic acids is 1. The molecule has 2 heterocycles. The first-order valence-corrected chi connectivity index (χ1v) is 9.67. The lowest BCUT2D eigenvalue weighted by Crippen LogP contribution is -2.14. The number of fused-ring (bicyclic) bond motifs is 1. The maximum absolute atomic E-state index is 13.3. The highest BCUT2D eigenvalue weighted by Gasteiger charge is 2.16. The van der Waals surface area contributed by atoms with E-state index in [1.165, 1.54) is 12.1 Å². The average Bonchev–Trinajstić information content (AvgIpc) is 3.09. The number of imidazole rings is 1. The van der Waals surface area contributed by atoms with Crippen molar-refractivity contribution in [3.8, 4) is 11.3 Å². The highest BCUT2D eigenvalue weighted by Crippen LogP contribution is 2.27. The number of aromatic nitrogens is 2. The van der Waals surface area contributed by atoms with E-state index in [1.807, 2.05) is 47.9 Å². The molecule has 0 bridgehead atoms. The molecule has 0 aliphatic rings. The molecule has 0 saturated carbocycles. The summed E-state index contributed by atoms with van der Waals surface area (Å²) in [5.41, 5.74) is 4.81. The predicted molar refractivity (Wildman–Crippen MR) is 114 cm³/mol. The van der Waals surface area contributed by atoms with Crippen molar-refractivity contribution in [1.82, 2.24) is 9.38 Å². The van der Waals surface area contributed by atoms with Crippen LogP contribution in [0.15, 0.2) is 66.9 Å². The number of anilines is 1. The van der Waals surface area contributed by atoms with E-state index in [1.54, 1.807) is 18.2 Å². The fourth-order valence-corrected chi connectivity index (χ4v) is 3.49. The van der Waals surface area contributed by atoms with Crippen LogP contribution in [0.25, 0.3) is 16.9 Å². The Bertz CT molecular complexity index is 1180. The van der Waals surface area contributed by atoms with E-state index in [4.69, 9.17) is 16.6 Å². The monoisotopic (exact) mass is 407 g/mol. The number of nitrogens with zero attached hydrogens (tertiary/aromatic N) is 2. The van der Waals surface area contributed by atoms with Gasteiger partial charge in [0, 0.05) is 28.9 Å². The molecule has 0 fully saturated rings. The Morgan fingerprint density at radius 2 is 1.90 bits per heavy atom. The Hall–Kier alpha value is -3.18. The Balaban J connectivity index is 1.60. The Labute approximate surface area is 173 Å². The first-order chi connectivity index (χ1) is 14.0. The number of amides is 1. The topological polar surface area (TPSA) is 46.4 Å². The smallest absolute Gasteiger partial charge is 0.224 e. The van der Waals surface area contributed by atoms with Crippen LogP contribution in [0.1, 0.15) is 17.7 Å². The largest absolute Gasteiger partial charge is 0.326 e. The van der Waals surface area contributed by atoms with E-state index in [-0.39, 0.29) is 18.1 Å². The minimum atomic E-state index is -0.296. The minimum Gasteiger partial charge on any atom is -0.326 e. The van der Waals surface area contributed by atoms with Gasteiger partial charge >= 0.3 is 0 Å². The van der Waals surface area contributed by atoms with E-state index in [2.05, 4.69) is 5.32 Å². The summed E-state index contributed by atoms with van der Waals surface area (Å²) in [6, 6.07) is 17.4. The van der Waals surface area contributed by atoms with Gasteiger partial charge in [-0.05, 0) is 67.4 Å². The lowest BCUT2D eigenvalue weighted by molar-refractivity contribution is -0.116. The molecule has 2 aromatic heterocycles. The summed E-state index contributed by atoms with van der Waals surface area (Å²) in [5, 5.41) is 3.54. The van der Waals surface area contributed by atoms with Crippen LogP contribution in [0.2, 0.25) is 5.02 Å². The minimum absolute atomic E-state index is 0.105. The van der Waals surface area contributed by atoms with Gasteiger partial charge in [0.1, 0.15) is 11.5 Å². The van der Waals surface area contributed by atoms with Gasteiger partial charge in [0.2, 0.25) is 5.91 Å². The summed E-state index contributed by atoms with van der Waals surface area (Å²) in [6.07, 6.45) is 2.69. The molecule has 0 radical (unpaired) electrons. The summed E-state index contributed by atoms with van der Waals surface area (Å²) in [6.45, 7) is 1.87. The average molecular weight is 408 g/mol. The maximum atomic E-state index is 13.3. The molecule has 0 aliphatic heterocycles. The van der Waals surface area contributed by atoms with Gasteiger partial charge in [-0.1, -0.05) is 23.7 Å². The fraction of sp³-hybridized carbons (Fsp3) is 0.130. The van der Waals surface area contributed by atoms with E-state index in [0.717, 1.165) is 28.2 Å². The molecule has 4 aromatic rings. The van der Waals surface area contributed by atoms with Crippen molar-refractivity contribution in [2.24, 2.45) is 0 Å². The second-order valence-corrected chi connectivity index (χ2v) is 7.21. The number of nitrogens with one attached hydrogen (secondary N) is 1. The van der Waals surface area contributed by atoms with Crippen LogP contribution >= 0.6 is 11.6 Å². The van der Waals surface area contributed by atoms with E-state index in [0.29, 0.717) is 17.1 Å². The third-order valence-corrected chi connectivity index (χ3v) is 5.29. The third-order valence-electron chi connectivity index (χ3n) is 4.88. The lowest BCUT2D eigenvalue weighted by Gasteiger charge is -2.10. The number of hydrogen-bond acceptors (Lipinski definition) is 2. The van der Waals surface area contributed by atoms with E-state index >= 15 is 0 Å². The van der Waals surface area contributed by atoms with Gasteiger partial charge in [-0.15, -0.1) is 0 Å². The van der Waals surface area contributed by atoms with Crippen LogP contribution in [0, 0.1) is 12.7 Å². The molecule has 2 aromatic carbocycles. The Morgan fingerprint density at radius 3 is 2.69 bits per heavy atom. The van der Waals surface area contributed by atoms with Gasteiger partial charge in [-0.3, -0.25) is 4.79 Å². The molecule has 4 rings (SSSR count). The molecule has 4 nitrogen and oxygen atoms in total. The first-order valence-electron chi connectivity index (χ1n) is 9.30. The molecule has 1 N–H and O–H groups in total. The van der Waals surface area contributed by atoms with E-state index < -0.39 is 0 Å². The number of aryl methyl sites for hydroxylation is 1. The van der Waals surface area contributed by atoms with Gasteiger partial charge in [-0.25, -0.2) is 9.37 Å². The van der Waals surface area contributed by atoms with Crippen molar-refractivity contribution < 1.29 is 9.18 Å². The fourth-order valence-electron chi connectivity index (χ4n) is 3.31. The summed E-state index contributed by atoms with van der Waals surface area (Å²) in [7, 11) is 0. The second-order valence-electron chi connectivity index (χ2n) is 6.80. The third kappa shape index (κ3) is 4.00. The summed E-state index contributed by atoms with van der Waals surface area (Å²) >= 11 is 6.13. The van der Waals surface area contributed by atoms with Gasteiger partial charge < -0.3 is 9.72 Å². The van der Waals surface area contributed by atoms with Crippen LogP contribution in [0.3, 0.4) is 0 Å². The van der Waals surface area contributed by atoms with Gasteiger partial charge in [0.25, 0.3) is 0 Å². The first kappa shape index (κ1) is 19.2. The molecular weight excluding hydrogens is 389 g/mol. The second kappa shape index (κ2) is 8.05.